The minimum atomic E-state index is -3.75. The zero-order valence-electron chi connectivity index (χ0n) is 14.7. The van der Waals surface area contributed by atoms with Crippen LogP contribution in [0.4, 0.5) is 0 Å². The minimum Gasteiger partial charge on any atom is -0.450 e. The zero-order chi connectivity index (χ0) is 19.5. The fourth-order valence-electron chi connectivity index (χ4n) is 4.05. The van der Waals surface area contributed by atoms with Crippen LogP contribution in [0.3, 0.4) is 0 Å². The van der Waals surface area contributed by atoms with Crippen LogP contribution in [0.25, 0.3) is 11.1 Å². The van der Waals surface area contributed by atoms with Gasteiger partial charge in [-0.25, -0.2) is 18.0 Å². The number of oxazole rings is 1. The van der Waals surface area contributed by atoms with Gasteiger partial charge in [-0.2, -0.15) is 4.31 Å². The third-order valence-electron chi connectivity index (χ3n) is 5.48. The first-order chi connectivity index (χ1) is 13.4. The summed E-state index contributed by atoms with van der Waals surface area (Å²) in [7, 11) is -3.75. The molecule has 0 unspecified atom stereocenters. The second-order valence-electron chi connectivity index (χ2n) is 7.01. The Bertz CT molecular complexity index is 1260. The van der Waals surface area contributed by atoms with Gasteiger partial charge in [0.1, 0.15) is 5.60 Å². The molecule has 0 radical (unpaired) electrons. The van der Waals surface area contributed by atoms with Crippen molar-refractivity contribution in [2.45, 2.75) is 23.3 Å². The van der Waals surface area contributed by atoms with E-state index in [1.807, 2.05) is 12.1 Å². The summed E-state index contributed by atoms with van der Waals surface area (Å²) in [6, 6.07) is 11.5. The molecular formula is C19H16N2O6S. The highest BCUT2D eigenvalue weighted by Crippen LogP contribution is 2.44. The quantitative estimate of drug-likeness (QED) is 0.659. The van der Waals surface area contributed by atoms with Gasteiger partial charge in [0.25, 0.3) is 0 Å². The summed E-state index contributed by atoms with van der Waals surface area (Å²) in [4.78, 5) is 26.0. The van der Waals surface area contributed by atoms with E-state index in [4.69, 9.17) is 9.15 Å². The summed E-state index contributed by atoms with van der Waals surface area (Å²) in [6.07, 6.45) is 0.777. The molecule has 28 heavy (non-hydrogen) atoms. The lowest BCUT2D eigenvalue weighted by molar-refractivity contribution is -0.0329. The number of fused-ring (bicyclic) bond motifs is 3. The molecular weight excluding hydrogens is 384 g/mol. The lowest BCUT2D eigenvalue weighted by Gasteiger charge is -2.37. The number of esters is 1. The van der Waals surface area contributed by atoms with Crippen LogP contribution in [0.15, 0.2) is 56.6 Å². The Morgan fingerprint density at radius 1 is 1.04 bits per heavy atom. The first kappa shape index (κ1) is 17.2. The van der Waals surface area contributed by atoms with Crippen molar-refractivity contribution in [2.75, 3.05) is 13.1 Å². The number of benzene rings is 2. The maximum absolute atomic E-state index is 13.0. The second kappa shape index (κ2) is 5.79. The van der Waals surface area contributed by atoms with Gasteiger partial charge in [0.05, 0.1) is 16.0 Å². The predicted octanol–water partition coefficient (Wildman–Crippen LogP) is 1.97. The Kier molecular flexibility index (Phi) is 3.56. The molecule has 1 N–H and O–H groups in total. The van der Waals surface area contributed by atoms with E-state index in [2.05, 4.69) is 4.98 Å². The minimum absolute atomic E-state index is 0.0804. The number of carbonyl (C=O) groups is 1. The highest BCUT2D eigenvalue weighted by atomic mass is 32.2. The molecule has 1 aromatic heterocycles. The molecule has 0 amide bonds. The summed E-state index contributed by atoms with van der Waals surface area (Å²) in [5, 5.41) is 0. The number of sulfonamides is 1. The topological polar surface area (TPSA) is 110 Å². The van der Waals surface area contributed by atoms with Crippen molar-refractivity contribution in [3.05, 3.63) is 64.1 Å². The second-order valence-corrected chi connectivity index (χ2v) is 8.94. The average Bonchev–Trinajstić information content (AvgIpc) is 3.19. The third-order valence-corrected chi connectivity index (χ3v) is 7.38. The van der Waals surface area contributed by atoms with Gasteiger partial charge in [-0.1, -0.05) is 18.2 Å². The molecule has 5 rings (SSSR count). The molecule has 0 saturated carbocycles. The van der Waals surface area contributed by atoms with E-state index in [-0.39, 0.29) is 24.0 Å². The molecule has 0 aliphatic carbocycles. The molecule has 9 heteroatoms. The summed E-state index contributed by atoms with van der Waals surface area (Å²) in [6.45, 7) is 0.452. The molecule has 0 atom stereocenters. The monoisotopic (exact) mass is 400 g/mol. The van der Waals surface area contributed by atoms with E-state index in [1.54, 1.807) is 12.1 Å². The van der Waals surface area contributed by atoms with Crippen molar-refractivity contribution in [1.29, 1.82) is 0 Å². The van der Waals surface area contributed by atoms with Crippen molar-refractivity contribution in [1.82, 2.24) is 9.29 Å². The van der Waals surface area contributed by atoms with Crippen LogP contribution >= 0.6 is 0 Å². The molecule has 3 aromatic rings. The van der Waals surface area contributed by atoms with Gasteiger partial charge in [-0.3, -0.25) is 4.98 Å². The number of piperidine rings is 1. The van der Waals surface area contributed by atoms with Gasteiger partial charge in [-0.05, 0) is 24.3 Å². The molecule has 3 heterocycles. The number of aromatic amines is 1. The molecule has 144 valence electrons. The van der Waals surface area contributed by atoms with Crippen molar-refractivity contribution in [3.8, 4) is 0 Å². The fourth-order valence-corrected chi connectivity index (χ4v) is 5.51. The Morgan fingerprint density at radius 3 is 2.57 bits per heavy atom. The van der Waals surface area contributed by atoms with Crippen molar-refractivity contribution in [2.24, 2.45) is 0 Å². The average molecular weight is 400 g/mol. The fraction of sp³-hybridized carbons (Fsp3) is 0.263. The smallest absolute Gasteiger partial charge is 0.417 e. The third kappa shape index (κ3) is 2.43. The number of aromatic nitrogens is 1. The number of nitrogens with zero attached hydrogens (tertiary/aromatic N) is 1. The number of hydrogen-bond acceptors (Lipinski definition) is 6. The van der Waals surface area contributed by atoms with Crippen LogP contribution < -0.4 is 5.76 Å². The first-order valence-electron chi connectivity index (χ1n) is 8.85. The Hall–Kier alpha value is -2.91. The van der Waals surface area contributed by atoms with Crippen LogP contribution in [-0.2, 0) is 20.4 Å². The van der Waals surface area contributed by atoms with Crippen molar-refractivity contribution < 1.29 is 22.4 Å². The van der Waals surface area contributed by atoms with E-state index >= 15 is 0 Å². The molecule has 1 fully saturated rings. The van der Waals surface area contributed by atoms with Gasteiger partial charge in [0.15, 0.2) is 5.58 Å². The molecule has 1 spiro atoms. The first-order valence-corrected chi connectivity index (χ1v) is 10.3. The molecule has 8 nitrogen and oxygen atoms in total. The lowest BCUT2D eigenvalue weighted by atomic mass is 9.84. The number of rotatable bonds is 2. The van der Waals surface area contributed by atoms with Gasteiger partial charge >= 0.3 is 11.7 Å². The van der Waals surface area contributed by atoms with E-state index < -0.39 is 21.4 Å². The SMILES string of the molecule is O=C1OC2(CCN(S(=O)(=O)c3ccc4oc(=O)[nH]c4c3)CC2)c2ccccc21. The van der Waals surface area contributed by atoms with E-state index in [0.717, 1.165) is 5.56 Å². The normalized spacial score (nSPS) is 19.1. The van der Waals surface area contributed by atoms with Crippen LogP contribution in [-0.4, -0.2) is 36.8 Å². The molecule has 2 aliphatic rings. The summed E-state index contributed by atoms with van der Waals surface area (Å²) < 4.78 is 38.1. The highest BCUT2D eigenvalue weighted by Gasteiger charge is 2.48. The Labute approximate surface area is 159 Å². The van der Waals surface area contributed by atoms with Gasteiger partial charge in [-0.15, -0.1) is 0 Å². The molecule has 2 aliphatic heterocycles. The van der Waals surface area contributed by atoms with Crippen molar-refractivity contribution in [3.63, 3.8) is 0 Å². The maximum Gasteiger partial charge on any atom is 0.417 e. The number of nitrogens with one attached hydrogen (secondary N) is 1. The maximum atomic E-state index is 13.0. The van der Waals surface area contributed by atoms with Gasteiger partial charge < -0.3 is 9.15 Å². The van der Waals surface area contributed by atoms with E-state index in [1.165, 1.54) is 22.5 Å². The van der Waals surface area contributed by atoms with Gasteiger partial charge in [0, 0.05) is 31.5 Å². The van der Waals surface area contributed by atoms with Crippen LogP contribution in [0.1, 0.15) is 28.8 Å². The zero-order valence-corrected chi connectivity index (χ0v) is 15.5. The van der Waals surface area contributed by atoms with E-state index in [9.17, 15) is 18.0 Å². The van der Waals surface area contributed by atoms with Crippen LogP contribution in [0.2, 0.25) is 0 Å². The van der Waals surface area contributed by atoms with Crippen LogP contribution in [0, 0.1) is 0 Å². The number of hydrogen-bond donors (Lipinski definition) is 1. The van der Waals surface area contributed by atoms with Crippen LogP contribution in [0.5, 0.6) is 0 Å². The Balaban J connectivity index is 1.43. The number of H-pyrrole nitrogens is 1. The summed E-state index contributed by atoms with van der Waals surface area (Å²) in [5.74, 6) is -0.993. The molecule has 2 aromatic carbocycles. The number of carbonyl (C=O) groups excluding carboxylic acids is 1. The standard InChI is InChI=1S/C19H16N2O6S/c22-17-13-3-1-2-4-14(13)19(27-17)7-9-21(10-8-19)28(24,25)12-5-6-16-15(11-12)20-18(23)26-16/h1-6,11H,7-10H2,(H,20,23). The van der Waals surface area contributed by atoms with Gasteiger partial charge in [0.2, 0.25) is 10.0 Å². The van der Waals surface area contributed by atoms with E-state index in [0.29, 0.717) is 29.5 Å². The van der Waals surface area contributed by atoms with Crippen molar-refractivity contribution >= 4 is 27.1 Å². The highest BCUT2D eigenvalue weighted by molar-refractivity contribution is 7.89. The molecule has 1 saturated heterocycles. The largest absolute Gasteiger partial charge is 0.450 e. The summed E-state index contributed by atoms with van der Waals surface area (Å²) in [5.41, 5.74) is 1.25. The summed E-state index contributed by atoms with van der Waals surface area (Å²) >= 11 is 0. The lowest BCUT2D eigenvalue weighted by Crippen LogP contribution is -2.45. The Morgan fingerprint density at radius 2 is 1.79 bits per heavy atom. The predicted molar refractivity (Wildman–Crippen MR) is 98.4 cm³/mol. The number of ether oxygens (including phenoxy) is 1. The molecule has 0 bridgehead atoms.